The molecule has 0 aliphatic carbocycles. The molecule has 0 aromatic heterocycles. The molecule has 0 atom stereocenters. The van der Waals surface area contributed by atoms with Crippen molar-refractivity contribution in [1.82, 2.24) is 0 Å². The monoisotopic (exact) mass is 483 g/mol. The highest BCUT2D eigenvalue weighted by atomic mass is 16.5. The summed E-state index contributed by atoms with van der Waals surface area (Å²) in [5, 5.41) is 0. The Balaban J connectivity index is 1.60. The standard InChI is InChI=1S/C34H29NO2/c1-36-33-19-11-9-17-31(33)35(32-18-10-12-20-34(32)37-2)29-23-21-26(22-24-29)25-30(27-13-5-3-6-14-27)28-15-7-4-8-16-28/h3-25H,1-2H3. The third-order valence-electron chi connectivity index (χ3n) is 6.28. The molecule has 3 heteroatoms. The summed E-state index contributed by atoms with van der Waals surface area (Å²) in [5.41, 5.74) is 7.54. The second kappa shape index (κ2) is 11.3. The van der Waals surface area contributed by atoms with Gasteiger partial charge in [0.05, 0.1) is 25.6 Å². The lowest BCUT2D eigenvalue weighted by Crippen LogP contribution is -2.12. The zero-order chi connectivity index (χ0) is 25.5. The van der Waals surface area contributed by atoms with Gasteiger partial charge in [-0.2, -0.15) is 0 Å². The average Bonchev–Trinajstić information content (AvgIpc) is 2.98. The molecular weight excluding hydrogens is 454 g/mol. The van der Waals surface area contributed by atoms with Crippen molar-refractivity contribution < 1.29 is 9.47 Å². The van der Waals surface area contributed by atoms with Crippen molar-refractivity contribution in [2.75, 3.05) is 19.1 Å². The minimum absolute atomic E-state index is 0.785. The van der Waals surface area contributed by atoms with E-state index in [1.54, 1.807) is 14.2 Å². The van der Waals surface area contributed by atoms with Gasteiger partial charge in [-0.25, -0.2) is 0 Å². The number of hydrogen-bond donors (Lipinski definition) is 0. The average molecular weight is 484 g/mol. The second-order valence-corrected chi connectivity index (χ2v) is 8.56. The number of ether oxygens (including phenoxy) is 2. The summed E-state index contributed by atoms with van der Waals surface area (Å²) in [6, 6.07) is 45.6. The molecule has 0 spiro atoms. The molecule has 5 aromatic carbocycles. The lowest BCUT2D eigenvalue weighted by Gasteiger charge is -2.28. The fraction of sp³-hybridized carbons (Fsp3) is 0.0588. The van der Waals surface area contributed by atoms with Crippen molar-refractivity contribution in [2.45, 2.75) is 0 Å². The molecule has 0 amide bonds. The lowest BCUT2D eigenvalue weighted by atomic mass is 9.95. The maximum absolute atomic E-state index is 5.73. The van der Waals surface area contributed by atoms with Crippen LogP contribution >= 0.6 is 0 Å². The molecule has 0 aliphatic heterocycles. The zero-order valence-corrected chi connectivity index (χ0v) is 21.0. The Morgan fingerprint density at radius 2 is 0.946 bits per heavy atom. The molecule has 0 N–H and O–H groups in total. The Kier molecular flexibility index (Phi) is 7.33. The number of anilines is 3. The Labute approximate surface area is 218 Å². The Morgan fingerprint density at radius 1 is 0.514 bits per heavy atom. The van der Waals surface area contributed by atoms with Crippen LogP contribution in [0.3, 0.4) is 0 Å². The zero-order valence-electron chi connectivity index (χ0n) is 21.0. The molecule has 5 rings (SSSR count). The summed E-state index contributed by atoms with van der Waals surface area (Å²) in [5.74, 6) is 1.57. The quantitative estimate of drug-likeness (QED) is 0.206. The number of para-hydroxylation sites is 4. The summed E-state index contributed by atoms with van der Waals surface area (Å²) in [4.78, 5) is 2.17. The third-order valence-corrected chi connectivity index (χ3v) is 6.28. The van der Waals surface area contributed by atoms with E-state index >= 15 is 0 Å². The molecule has 0 unspecified atom stereocenters. The number of rotatable bonds is 8. The molecule has 182 valence electrons. The molecule has 0 fully saturated rings. The van der Waals surface area contributed by atoms with Crippen LogP contribution in [0.5, 0.6) is 11.5 Å². The van der Waals surface area contributed by atoms with Crippen LogP contribution in [0.4, 0.5) is 17.1 Å². The highest BCUT2D eigenvalue weighted by Gasteiger charge is 2.19. The van der Waals surface area contributed by atoms with Gasteiger partial charge < -0.3 is 14.4 Å². The van der Waals surface area contributed by atoms with Gasteiger partial charge in [0.15, 0.2) is 0 Å². The van der Waals surface area contributed by atoms with Gasteiger partial charge in [-0.05, 0) is 64.7 Å². The summed E-state index contributed by atoms with van der Waals surface area (Å²) in [7, 11) is 3.39. The predicted molar refractivity (Wildman–Crippen MR) is 154 cm³/mol. The van der Waals surface area contributed by atoms with Crippen LogP contribution < -0.4 is 14.4 Å². The second-order valence-electron chi connectivity index (χ2n) is 8.56. The van der Waals surface area contributed by atoms with E-state index in [1.165, 1.54) is 16.7 Å². The molecule has 0 aliphatic rings. The van der Waals surface area contributed by atoms with Crippen LogP contribution in [0.1, 0.15) is 16.7 Å². The number of methoxy groups -OCH3 is 2. The first kappa shape index (κ1) is 24.0. The van der Waals surface area contributed by atoms with Gasteiger partial charge in [0, 0.05) is 5.69 Å². The van der Waals surface area contributed by atoms with Gasteiger partial charge in [0.2, 0.25) is 0 Å². The number of benzene rings is 5. The van der Waals surface area contributed by atoms with Crippen LogP contribution in [0.2, 0.25) is 0 Å². The predicted octanol–water partition coefficient (Wildman–Crippen LogP) is 8.76. The van der Waals surface area contributed by atoms with Gasteiger partial charge in [0.25, 0.3) is 0 Å². The van der Waals surface area contributed by atoms with Crippen LogP contribution in [-0.4, -0.2) is 14.2 Å². The summed E-state index contributed by atoms with van der Waals surface area (Å²) >= 11 is 0. The lowest BCUT2D eigenvalue weighted by molar-refractivity contribution is 0.412. The topological polar surface area (TPSA) is 21.7 Å². The molecular formula is C34H29NO2. The Bertz CT molecular complexity index is 1390. The maximum Gasteiger partial charge on any atom is 0.142 e. The molecule has 0 bridgehead atoms. The molecule has 5 aromatic rings. The van der Waals surface area contributed by atoms with Crippen LogP contribution in [0.25, 0.3) is 11.6 Å². The molecule has 0 saturated heterocycles. The summed E-state index contributed by atoms with van der Waals surface area (Å²) in [6.45, 7) is 0. The van der Waals surface area contributed by atoms with E-state index in [0.29, 0.717) is 0 Å². The SMILES string of the molecule is COc1ccccc1N(c1ccc(C=C(c2ccccc2)c2ccccc2)cc1)c1ccccc1OC. The fourth-order valence-electron chi connectivity index (χ4n) is 4.49. The molecule has 37 heavy (non-hydrogen) atoms. The largest absolute Gasteiger partial charge is 0.495 e. The maximum atomic E-state index is 5.73. The van der Waals surface area contributed by atoms with E-state index in [1.807, 2.05) is 48.5 Å². The smallest absolute Gasteiger partial charge is 0.142 e. The van der Waals surface area contributed by atoms with E-state index in [9.17, 15) is 0 Å². The van der Waals surface area contributed by atoms with Gasteiger partial charge in [-0.15, -0.1) is 0 Å². The molecule has 0 saturated carbocycles. The van der Waals surface area contributed by atoms with Crippen molar-refractivity contribution in [3.63, 3.8) is 0 Å². The Hall–Kier alpha value is -4.76. The van der Waals surface area contributed by atoms with E-state index in [0.717, 1.165) is 34.1 Å². The van der Waals surface area contributed by atoms with E-state index < -0.39 is 0 Å². The van der Waals surface area contributed by atoms with Gasteiger partial charge >= 0.3 is 0 Å². The minimum atomic E-state index is 0.785. The number of nitrogens with zero attached hydrogens (tertiary/aromatic N) is 1. The van der Waals surface area contributed by atoms with Crippen molar-refractivity contribution in [3.8, 4) is 11.5 Å². The van der Waals surface area contributed by atoms with Gasteiger partial charge in [0.1, 0.15) is 11.5 Å². The van der Waals surface area contributed by atoms with Crippen molar-refractivity contribution in [2.24, 2.45) is 0 Å². The Morgan fingerprint density at radius 3 is 1.41 bits per heavy atom. The van der Waals surface area contributed by atoms with Crippen LogP contribution in [-0.2, 0) is 0 Å². The van der Waals surface area contributed by atoms with E-state index in [-0.39, 0.29) is 0 Å². The summed E-state index contributed by atoms with van der Waals surface area (Å²) < 4.78 is 11.5. The first-order valence-corrected chi connectivity index (χ1v) is 12.3. The van der Waals surface area contributed by atoms with E-state index in [4.69, 9.17) is 9.47 Å². The van der Waals surface area contributed by atoms with Gasteiger partial charge in [-0.3, -0.25) is 0 Å². The molecule has 3 nitrogen and oxygen atoms in total. The van der Waals surface area contributed by atoms with Gasteiger partial charge in [-0.1, -0.05) is 97.1 Å². The first-order chi connectivity index (χ1) is 18.3. The summed E-state index contributed by atoms with van der Waals surface area (Å²) in [6.07, 6.45) is 2.24. The van der Waals surface area contributed by atoms with E-state index in [2.05, 4.69) is 95.9 Å². The normalized spacial score (nSPS) is 10.4. The molecule has 0 heterocycles. The first-order valence-electron chi connectivity index (χ1n) is 12.3. The third kappa shape index (κ3) is 5.26. The highest BCUT2D eigenvalue weighted by Crippen LogP contribution is 2.43. The van der Waals surface area contributed by atoms with Crippen LogP contribution in [0, 0.1) is 0 Å². The van der Waals surface area contributed by atoms with Crippen molar-refractivity contribution in [1.29, 1.82) is 0 Å². The fourth-order valence-corrected chi connectivity index (χ4v) is 4.49. The van der Waals surface area contributed by atoms with Crippen molar-refractivity contribution in [3.05, 3.63) is 150 Å². The minimum Gasteiger partial charge on any atom is -0.495 e. The molecule has 0 radical (unpaired) electrons. The van der Waals surface area contributed by atoms with Crippen molar-refractivity contribution >= 4 is 28.7 Å². The van der Waals surface area contributed by atoms with Crippen LogP contribution in [0.15, 0.2) is 133 Å². The number of hydrogen-bond acceptors (Lipinski definition) is 3. The highest BCUT2D eigenvalue weighted by molar-refractivity contribution is 5.92.